The highest BCUT2D eigenvalue weighted by Crippen LogP contribution is 2.27. The maximum absolute atomic E-state index is 14.6. The average molecular weight is 272 g/mol. The molecule has 2 heterocycles. The Balaban J connectivity index is 1.93. The molecule has 2 atom stereocenters. The molecule has 0 radical (unpaired) electrons. The Hall–Kier alpha value is -0.520. The van der Waals surface area contributed by atoms with Gasteiger partial charge in [0.15, 0.2) is 0 Å². The molecule has 102 valence electrons. The highest BCUT2D eigenvalue weighted by Gasteiger charge is 2.30. The number of rotatable bonds is 4. The van der Waals surface area contributed by atoms with E-state index in [0.717, 1.165) is 23.9 Å². The lowest BCUT2D eigenvalue weighted by Gasteiger charge is -2.29. The first-order chi connectivity index (χ1) is 8.46. The van der Waals surface area contributed by atoms with Crippen LogP contribution in [0.4, 0.5) is 4.39 Å². The SMILES string of the molecule is Cc1nc(CC(C)(F)CC2COCCN2)sc1C. The van der Waals surface area contributed by atoms with Crippen molar-refractivity contribution in [2.24, 2.45) is 0 Å². The first-order valence-corrected chi connectivity index (χ1v) is 7.21. The first kappa shape index (κ1) is 13.9. The summed E-state index contributed by atoms with van der Waals surface area (Å²) in [5, 5.41) is 4.19. The predicted molar refractivity (Wildman–Crippen MR) is 72.0 cm³/mol. The summed E-state index contributed by atoms with van der Waals surface area (Å²) in [5.74, 6) is 0. The van der Waals surface area contributed by atoms with Crippen molar-refractivity contribution in [2.75, 3.05) is 19.8 Å². The summed E-state index contributed by atoms with van der Waals surface area (Å²) in [6.07, 6.45) is 0.870. The Morgan fingerprint density at radius 1 is 1.56 bits per heavy atom. The zero-order valence-corrected chi connectivity index (χ0v) is 12.1. The fourth-order valence-electron chi connectivity index (χ4n) is 2.27. The summed E-state index contributed by atoms with van der Waals surface area (Å²) in [4.78, 5) is 5.60. The summed E-state index contributed by atoms with van der Waals surface area (Å²) in [6, 6.07) is 0.121. The molecule has 1 aliphatic heterocycles. The van der Waals surface area contributed by atoms with Crippen molar-refractivity contribution < 1.29 is 9.13 Å². The third-order valence-electron chi connectivity index (χ3n) is 3.26. The van der Waals surface area contributed by atoms with E-state index in [-0.39, 0.29) is 6.04 Å². The van der Waals surface area contributed by atoms with Crippen molar-refractivity contribution in [2.45, 2.75) is 45.3 Å². The Kier molecular flexibility index (Phi) is 4.35. The second-order valence-electron chi connectivity index (χ2n) is 5.27. The van der Waals surface area contributed by atoms with Gasteiger partial charge in [-0.15, -0.1) is 11.3 Å². The van der Waals surface area contributed by atoms with Crippen LogP contribution in [0.1, 0.15) is 28.9 Å². The van der Waals surface area contributed by atoms with Crippen LogP contribution in [-0.2, 0) is 11.2 Å². The number of aromatic nitrogens is 1. The Bertz CT molecular complexity index is 380. The van der Waals surface area contributed by atoms with E-state index in [1.54, 1.807) is 18.3 Å². The van der Waals surface area contributed by atoms with E-state index in [1.807, 2.05) is 13.8 Å². The average Bonchev–Trinajstić information content (AvgIpc) is 2.57. The van der Waals surface area contributed by atoms with E-state index >= 15 is 0 Å². The van der Waals surface area contributed by atoms with Crippen molar-refractivity contribution in [1.29, 1.82) is 0 Å². The third kappa shape index (κ3) is 3.73. The van der Waals surface area contributed by atoms with E-state index in [9.17, 15) is 4.39 Å². The van der Waals surface area contributed by atoms with E-state index in [0.29, 0.717) is 19.4 Å². The van der Waals surface area contributed by atoms with Crippen LogP contribution in [-0.4, -0.2) is 36.5 Å². The van der Waals surface area contributed by atoms with Crippen LogP contribution in [0.25, 0.3) is 0 Å². The van der Waals surface area contributed by atoms with Gasteiger partial charge in [-0.05, 0) is 27.2 Å². The van der Waals surface area contributed by atoms with Crippen LogP contribution >= 0.6 is 11.3 Å². The van der Waals surface area contributed by atoms with Gasteiger partial charge in [0.2, 0.25) is 0 Å². The maximum atomic E-state index is 14.6. The fraction of sp³-hybridized carbons (Fsp3) is 0.769. The number of alkyl halides is 1. The molecule has 1 N–H and O–H groups in total. The monoisotopic (exact) mass is 272 g/mol. The van der Waals surface area contributed by atoms with Gasteiger partial charge < -0.3 is 10.1 Å². The molecule has 1 aromatic rings. The number of nitrogens with one attached hydrogen (secondary N) is 1. The molecule has 3 nitrogen and oxygen atoms in total. The Morgan fingerprint density at radius 3 is 2.89 bits per heavy atom. The number of nitrogens with zero attached hydrogens (tertiary/aromatic N) is 1. The highest BCUT2D eigenvalue weighted by atomic mass is 32.1. The molecule has 1 aliphatic rings. The number of thiazole rings is 1. The van der Waals surface area contributed by atoms with Gasteiger partial charge in [-0.2, -0.15) is 0 Å². The second kappa shape index (κ2) is 5.63. The molecule has 2 unspecified atom stereocenters. The van der Waals surface area contributed by atoms with Gasteiger partial charge in [0, 0.05) is 23.9 Å². The fourth-order valence-corrected chi connectivity index (χ4v) is 3.37. The van der Waals surface area contributed by atoms with Gasteiger partial charge >= 0.3 is 0 Å². The van der Waals surface area contributed by atoms with Crippen LogP contribution in [0.15, 0.2) is 0 Å². The number of hydrogen-bond acceptors (Lipinski definition) is 4. The van der Waals surface area contributed by atoms with Crippen LogP contribution in [0.3, 0.4) is 0 Å². The minimum atomic E-state index is -1.23. The molecule has 0 amide bonds. The van der Waals surface area contributed by atoms with Gasteiger partial charge in [0.05, 0.1) is 23.9 Å². The highest BCUT2D eigenvalue weighted by molar-refractivity contribution is 7.11. The van der Waals surface area contributed by atoms with E-state index < -0.39 is 5.67 Å². The van der Waals surface area contributed by atoms with Crippen LogP contribution in [0.2, 0.25) is 0 Å². The summed E-state index contributed by atoms with van der Waals surface area (Å²) >= 11 is 1.60. The molecule has 0 aromatic carbocycles. The molecule has 1 fully saturated rings. The molecular formula is C13H21FN2OS. The van der Waals surface area contributed by atoms with E-state index in [4.69, 9.17) is 4.74 Å². The number of hydrogen-bond donors (Lipinski definition) is 1. The zero-order valence-electron chi connectivity index (χ0n) is 11.3. The van der Waals surface area contributed by atoms with Crippen molar-refractivity contribution in [3.63, 3.8) is 0 Å². The second-order valence-corrected chi connectivity index (χ2v) is 6.56. The maximum Gasteiger partial charge on any atom is 0.116 e. The molecule has 1 saturated heterocycles. The standard InChI is InChI=1S/C13H21FN2OS/c1-9-10(2)18-12(16-9)7-13(3,14)6-11-8-17-5-4-15-11/h11,15H,4-8H2,1-3H3. The Labute approximate surface area is 112 Å². The smallest absolute Gasteiger partial charge is 0.116 e. The summed E-state index contributed by atoms with van der Waals surface area (Å²) in [5.41, 5.74) is -0.209. The predicted octanol–water partition coefficient (Wildman–Crippen LogP) is 2.41. The third-order valence-corrected chi connectivity index (χ3v) is 4.34. The van der Waals surface area contributed by atoms with E-state index in [2.05, 4.69) is 10.3 Å². The number of ether oxygens (including phenoxy) is 1. The number of morpholine rings is 1. The molecule has 5 heteroatoms. The van der Waals surface area contributed by atoms with E-state index in [1.165, 1.54) is 4.88 Å². The summed E-state index contributed by atoms with van der Waals surface area (Å²) in [6.45, 7) is 7.81. The van der Waals surface area contributed by atoms with Crippen molar-refractivity contribution >= 4 is 11.3 Å². The molecule has 1 aromatic heterocycles. The van der Waals surface area contributed by atoms with Crippen LogP contribution in [0, 0.1) is 13.8 Å². The van der Waals surface area contributed by atoms with Gasteiger partial charge in [-0.3, -0.25) is 0 Å². The summed E-state index contributed by atoms with van der Waals surface area (Å²) in [7, 11) is 0. The molecule has 2 rings (SSSR count). The van der Waals surface area contributed by atoms with Crippen molar-refractivity contribution in [3.05, 3.63) is 15.6 Å². The number of halogens is 1. The van der Waals surface area contributed by atoms with Crippen molar-refractivity contribution in [1.82, 2.24) is 10.3 Å². The minimum Gasteiger partial charge on any atom is -0.379 e. The van der Waals surface area contributed by atoms with Crippen molar-refractivity contribution in [3.8, 4) is 0 Å². The summed E-state index contributed by atoms with van der Waals surface area (Å²) < 4.78 is 19.9. The normalized spacial score (nSPS) is 23.9. The van der Waals surface area contributed by atoms with Gasteiger partial charge in [-0.1, -0.05) is 0 Å². The quantitative estimate of drug-likeness (QED) is 0.914. The van der Waals surface area contributed by atoms with Gasteiger partial charge in [0.25, 0.3) is 0 Å². The largest absolute Gasteiger partial charge is 0.379 e. The first-order valence-electron chi connectivity index (χ1n) is 6.39. The lowest BCUT2D eigenvalue weighted by molar-refractivity contribution is 0.0483. The Morgan fingerprint density at radius 2 is 2.33 bits per heavy atom. The minimum absolute atomic E-state index is 0.121. The molecular weight excluding hydrogens is 251 g/mol. The molecule has 0 spiro atoms. The lowest BCUT2D eigenvalue weighted by atomic mass is 9.95. The van der Waals surface area contributed by atoms with Gasteiger partial charge in [0.1, 0.15) is 5.67 Å². The molecule has 0 saturated carbocycles. The van der Waals surface area contributed by atoms with Crippen LogP contribution in [0.5, 0.6) is 0 Å². The van der Waals surface area contributed by atoms with Crippen LogP contribution < -0.4 is 5.32 Å². The molecule has 0 bridgehead atoms. The lowest BCUT2D eigenvalue weighted by Crippen LogP contribution is -2.45. The number of aryl methyl sites for hydroxylation is 2. The topological polar surface area (TPSA) is 34.1 Å². The molecule has 18 heavy (non-hydrogen) atoms. The molecule has 0 aliphatic carbocycles. The zero-order chi connectivity index (χ0) is 13.2. The van der Waals surface area contributed by atoms with Gasteiger partial charge in [-0.25, -0.2) is 9.37 Å².